The monoisotopic (exact) mass is 238 g/mol. The van der Waals surface area contributed by atoms with Crippen LogP contribution in [0.5, 0.6) is 5.75 Å². The molecule has 0 radical (unpaired) electrons. The summed E-state index contributed by atoms with van der Waals surface area (Å²) in [5.41, 5.74) is 1.02. The van der Waals surface area contributed by atoms with E-state index in [1.807, 2.05) is 31.3 Å². The number of morpholine rings is 1. The molecule has 0 unspecified atom stereocenters. The molecule has 0 amide bonds. The number of nitrogens with zero attached hydrogens (tertiary/aromatic N) is 1. The third-order valence-corrected chi connectivity index (χ3v) is 2.61. The van der Waals surface area contributed by atoms with Gasteiger partial charge in [-0.2, -0.15) is 0 Å². The molecule has 17 heavy (non-hydrogen) atoms. The summed E-state index contributed by atoms with van der Waals surface area (Å²) >= 11 is 0. The first kappa shape index (κ1) is 13.8. The summed E-state index contributed by atoms with van der Waals surface area (Å²) in [7, 11) is 5.65. The topological polar surface area (TPSA) is 33.7 Å². The summed E-state index contributed by atoms with van der Waals surface area (Å²) in [6.07, 6.45) is 0. The SMILES string of the molecule is CN1CCOCC1.CNc1ccccc1OC. The van der Waals surface area contributed by atoms with Gasteiger partial charge in [0.25, 0.3) is 0 Å². The van der Waals surface area contributed by atoms with Gasteiger partial charge in [-0.15, -0.1) is 0 Å². The molecule has 1 aromatic rings. The molecule has 4 nitrogen and oxygen atoms in total. The first-order valence-corrected chi connectivity index (χ1v) is 5.85. The van der Waals surface area contributed by atoms with E-state index in [2.05, 4.69) is 17.3 Å². The fourth-order valence-electron chi connectivity index (χ4n) is 1.51. The molecule has 1 aromatic carbocycles. The van der Waals surface area contributed by atoms with Gasteiger partial charge in [0.2, 0.25) is 0 Å². The summed E-state index contributed by atoms with van der Waals surface area (Å²) in [6.45, 7) is 4.02. The molecule has 4 heteroatoms. The van der Waals surface area contributed by atoms with Crippen LogP contribution in [0.4, 0.5) is 5.69 Å². The van der Waals surface area contributed by atoms with Gasteiger partial charge < -0.3 is 19.7 Å². The van der Waals surface area contributed by atoms with Crippen LogP contribution in [-0.4, -0.2) is 52.4 Å². The molecule has 0 bridgehead atoms. The molecule has 1 fully saturated rings. The lowest BCUT2D eigenvalue weighted by Gasteiger charge is -2.21. The molecule has 96 valence electrons. The minimum Gasteiger partial charge on any atom is -0.495 e. The average molecular weight is 238 g/mol. The van der Waals surface area contributed by atoms with Gasteiger partial charge >= 0.3 is 0 Å². The summed E-state index contributed by atoms with van der Waals surface area (Å²) in [4.78, 5) is 2.27. The van der Waals surface area contributed by atoms with Crippen molar-refractivity contribution in [1.82, 2.24) is 4.90 Å². The van der Waals surface area contributed by atoms with Gasteiger partial charge in [0.1, 0.15) is 5.75 Å². The molecular formula is C13H22N2O2. The lowest BCUT2D eigenvalue weighted by atomic mass is 10.3. The zero-order valence-corrected chi connectivity index (χ0v) is 10.9. The number of para-hydroxylation sites is 2. The Balaban J connectivity index is 0.000000181. The molecule has 1 N–H and O–H groups in total. The first-order valence-electron chi connectivity index (χ1n) is 5.85. The summed E-state index contributed by atoms with van der Waals surface area (Å²) in [5, 5.41) is 3.02. The number of hydrogen-bond donors (Lipinski definition) is 1. The fraction of sp³-hybridized carbons (Fsp3) is 0.538. The highest BCUT2D eigenvalue weighted by atomic mass is 16.5. The average Bonchev–Trinajstić information content (AvgIpc) is 2.40. The van der Waals surface area contributed by atoms with Crippen molar-refractivity contribution in [1.29, 1.82) is 0 Å². The molecule has 1 saturated heterocycles. The quantitative estimate of drug-likeness (QED) is 0.850. The number of methoxy groups -OCH3 is 1. The summed E-state index contributed by atoms with van der Waals surface area (Å²) in [6, 6.07) is 7.80. The Labute approximate surface area is 104 Å². The number of nitrogens with one attached hydrogen (secondary N) is 1. The van der Waals surface area contributed by atoms with E-state index in [-0.39, 0.29) is 0 Å². The van der Waals surface area contributed by atoms with Gasteiger partial charge in [-0.3, -0.25) is 0 Å². The molecule has 0 spiro atoms. The van der Waals surface area contributed by atoms with Gasteiger partial charge in [0, 0.05) is 20.1 Å². The number of likely N-dealkylation sites (N-methyl/N-ethyl adjacent to an activating group) is 1. The van der Waals surface area contributed by atoms with E-state index in [1.54, 1.807) is 7.11 Å². The summed E-state index contributed by atoms with van der Waals surface area (Å²) < 4.78 is 10.2. The second-order valence-corrected chi connectivity index (χ2v) is 3.87. The molecule has 0 aromatic heterocycles. The Hall–Kier alpha value is -1.26. The number of rotatable bonds is 2. The van der Waals surface area contributed by atoms with Crippen molar-refractivity contribution >= 4 is 5.69 Å². The Bertz CT molecular complexity index is 289. The molecule has 1 heterocycles. The Kier molecular flexibility index (Phi) is 6.43. The van der Waals surface area contributed by atoms with Crippen LogP contribution in [0.15, 0.2) is 24.3 Å². The fourth-order valence-corrected chi connectivity index (χ4v) is 1.51. The van der Waals surface area contributed by atoms with E-state index in [9.17, 15) is 0 Å². The lowest BCUT2D eigenvalue weighted by molar-refractivity contribution is 0.0503. The third kappa shape index (κ3) is 5.06. The van der Waals surface area contributed by atoms with Crippen molar-refractivity contribution in [2.75, 3.05) is 52.8 Å². The second kappa shape index (κ2) is 7.92. The maximum atomic E-state index is 5.10. The molecule has 0 aliphatic carbocycles. The van der Waals surface area contributed by atoms with E-state index in [4.69, 9.17) is 9.47 Å². The van der Waals surface area contributed by atoms with Gasteiger partial charge in [-0.05, 0) is 19.2 Å². The van der Waals surface area contributed by atoms with E-state index >= 15 is 0 Å². The van der Waals surface area contributed by atoms with Crippen LogP contribution < -0.4 is 10.1 Å². The van der Waals surface area contributed by atoms with Crippen LogP contribution in [0, 0.1) is 0 Å². The largest absolute Gasteiger partial charge is 0.495 e. The van der Waals surface area contributed by atoms with Crippen molar-refractivity contribution < 1.29 is 9.47 Å². The highest BCUT2D eigenvalue weighted by Crippen LogP contribution is 2.21. The predicted molar refractivity (Wildman–Crippen MR) is 70.9 cm³/mol. The van der Waals surface area contributed by atoms with Crippen LogP contribution >= 0.6 is 0 Å². The van der Waals surface area contributed by atoms with Gasteiger partial charge in [-0.1, -0.05) is 12.1 Å². The summed E-state index contributed by atoms with van der Waals surface area (Å²) in [5.74, 6) is 0.880. The van der Waals surface area contributed by atoms with Crippen molar-refractivity contribution in [2.45, 2.75) is 0 Å². The normalized spacial score (nSPS) is 15.7. The van der Waals surface area contributed by atoms with E-state index in [0.717, 1.165) is 37.7 Å². The van der Waals surface area contributed by atoms with Gasteiger partial charge in [0.05, 0.1) is 26.0 Å². The van der Waals surface area contributed by atoms with Gasteiger partial charge in [-0.25, -0.2) is 0 Å². The molecule has 0 saturated carbocycles. The van der Waals surface area contributed by atoms with E-state index in [0.29, 0.717) is 0 Å². The van der Waals surface area contributed by atoms with Crippen LogP contribution in [0.3, 0.4) is 0 Å². The van der Waals surface area contributed by atoms with Gasteiger partial charge in [0.15, 0.2) is 0 Å². The Morgan fingerprint density at radius 2 is 1.88 bits per heavy atom. The smallest absolute Gasteiger partial charge is 0.141 e. The standard InChI is InChI=1S/C8H11NO.C5H11NO/c1-9-7-5-3-4-6-8(7)10-2;1-6-2-4-7-5-3-6/h3-6,9H,1-2H3;2-5H2,1H3. The number of ether oxygens (including phenoxy) is 2. The molecule has 1 aliphatic rings. The van der Waals surface area contributed by atoms with Crippen LogP contribution in [0.25, 0.3) is 0 Å². The highest BCUT2D eigenvalue weighted by molar-refractivity contribution is 5.55. The maximum Gasteiger partial charge on any atom is 0.141 e. The first-order chi connectivity index (χ1) is 8.27. The van der Waals surface area contributed by atoms with Crippen LogP contribution in [-0.2, 0) is 4.74 Å². The maximum absolute atomic E-state index is 5.10. The van der Waals surface area contributed by atoms with Crippen molar-refractivity contribution in [2.24, 2.45) is 0 Å². The zero-order chi connectivity index (χ0) is 12.5. The minimum absolute atomic E-state index is 0.880. The number of benzene rings is 1. The zero-order valence-electron chi connectivity index (χ0n) is 10.9. The van der Waals surface area contributed by atoms with Crippen molar-refractivity contribution in [3.05, 3.63) is 24.3 Å². The Morgan fingerprint density at radius 1 is 1.24 bits per heavy atom. The minimum atomic E-state index is 0.880. The van der Waals surface area contributed by atoms with E-state index in [1.165, 1.54) is 0 Å². The molecular weight excluding hydrogens is 216 g/mol. The third-order valence-electron chi connectivity index (χ3n) is 2.61. The molecule has 0 atom stereocenters. The van der Waals surface area contributed by atoms with Crippen LogP contribution in [0.1, 0.15) is 0 Å². The predicted octanol–water partition coefficient (Wildman–Crippen LogP) is 1.69. The van der Waals surface area contributed by atoms with Crippen molar-refractivity contribution in [3.63, 3.8) is 0 Å². The van der Waals surface area contributed by atoms with Crippen LogP contribution in [0.2, 0.25) is 0 Å². The second-order valence-electron chi connectivity index (χ2n) is 3.87. The Morgan fingerprint density at radius 3 is 2.29 bits per heavy atom. The number of hydrogen-bond acceptors (Lipinski definition) is 4. The lowest BCUT2D eigenvalue weighted by Crippen LogP contribution is -2.32. The molecule has 2 rings (SSSR count). The van der Waals surface area contributed by atoms with E-state index < -0.39 is 0 Å². The molecule has 1 aliphatic heterocycles. The number of anilines is 1. The van der Waals surface area contributed by atoms with Crippen molar-refractivity contribution in [3.8, 4) is 5.75 Å². The highest BCUT2D eigenvalue weighted by Gasteiger charge is 2.02.